The van der Waals surface area contributed by atoms with Crippen LogP contribution in [0.2, 0.25) is 0 Å². The molecule has 0 bridgehead atoms. The van der Waals surface area contributed by atoms with Crippen molar-refractivity contribution in [3.63, 3.8) is 0 Å². The molecule has 8 aromatic rings. The van der Waals surface area contributed by atoms with Crippen molar-refractivity contribution in [2.75, 3.05) is 0 Å². The minimum Gasteiger partial charge on any atom is -0.509 e. The van der Waals surface area contributed by atoms with Crippen LogP contribution in [0.5, 0.6) is 0 Å². The Balaban J connectivity index is 0.000000231. The number of aromatic nitrogens is 2. The molecule has 0 N–H and O–H groups in total. The van der Waals surface area contributed by atoms with E-state index in [1.807, 2.05) is 36.4 Å². The van der Waals surface area contributed by atoms with Crippen LogP contribution in [0, 0.1) is 30.2 Å². The van der Waals surface area contributed by atoms with E-state index in [2.05, 4.69) is 28.2 Å². The average Bonchev–Trinajstić information content (AvgIpc) is 3.62. The van der Waals surface area contributed by atoms with Gasteiger partial charge in [-0.05, 0) is 47.4 Å². The first-order chi connectivity index (χ1) is 22.7. The molecule has 44 heavy (non-hydrogen) atoms. The third-order valence-electron chi connectivity index (χ3n) is 7.09. The number of hydrogen-bond donors (Lipinski definition) is 0. The van der Waals surface area contributed by atoms with E-state index in [9.17, 15) is 4.39 Å². The number of aryl methyl sites for hydroxylation is 1. The van der Waals surface area contributed by atoms with Crippen LogP contribution >= 0.6 is 0 Å². The summed E-state index contributed by atoms with van der Waals surface area (Å²) in [6.45, 7) is 2.78. The zero-order valence-electron chi connectivity index (χ0n) is 29.1. The third kappa shape index (κ3) is 5.52. The second-order valence-electron chi connectivity index (χ2n) is 11.4. The summed E-state index contributed by atoms with van der Waals surface area (Å²) in [6.07, 6.45) is 1.03. The normalized spacial score (nSPS) is 14.0. The number of halogens is 1. The van der Waals surface area contributed by atoms with Crippen LogP contribution in [-0.2, 0) is 26.5 Å². The molecular weight excluding hydrogens is 728 g/mol. The third-order valence-corrected chi connectivity index (χ3v) is 7.09. The van der Waals surface area contributed by atoms with Crippen molar-refractivity contribution in [2.24, 2.45) is 5.41 Å². The Bertz CT molecular complexity index is 2500. The van der Waals surface area contributed by atoms with E-state index in [1.54, 1.807) is 51.2 Å². The second-order valence-corrected chi connectivity index (χ2v) is 11.4. The molecule has 0 aliphatic carbocycles. The van der Waals surface area contributed by atoms with Crippen molar-refractivity contribution in [2.45, 2.75) is 34.0 Å². The molecule has 0 spiro atoms. The van der Waals surface area contributed by atoms with E-state index < -0.39 is 18.6 Å². The molecule has 1 radical (unpaired) electrons. The fourth-order valence-corrected chi connectivity index (χ4v) is 5.26. The van der Waals surface area contributed by atoms with E-state index in [1.165, 1.54) is 18.3 Å². The largest absolute Gasteiger partial charge is 0.509 e. The molecule has 4 nitrogen and oxygen atoms in total. The van der Waals surface area contributed by atoms with Gasteiger partial charge in [0.15, 0.2) is 0 Å². The van der Waals surface area contributed by atoms with E-state index in [0.717, 1.165) is 38.0 Å². The number of rotatable bonds is 2. The number of fused-ring (bicyclic) bond motifs is 8. The van der Waals surface area contributed by atoms with Gasteiger partial charge in [-0.25, -0.2) is 0 Å². The Kier molecular flexibility index (Phi) is 6.33. The number of pyridine rings is 2. The SMILES string of the molecule is Fc1c[c-]c2c(c1)oc1cccnc12.[2H]C([2H])([2H])c1cnc(-c2[c-]ccc3c2oc2c4ccccc4ccc32)cc1C([2H])([2H])C(C)(C)C.[Ir]. The molecule has 0 saturated carbocycles. The van der Waals surface area contributed by atoms with Gasteiger partial charge in [-0.3, -0.25) is 4.39 Å². The average molecular weight is 762 g/mol. The zero-order chi connectivity index (χ0) is 34.0. The van der Waals surface area contributed by atoms with Crippen LogP contribution in [0.4, 0.5) is 4.39 Å². The van der Waals surface area contributed by atoms with Gasteiger partial charge in [-0.1, -0.05) is 91.2 Å². The summed E-state index contributed by atoms with van der Waals surface area (Å²) in [5.41, 5.74) is 3.40. The molecule has 0 atom stereocenters. The van der Waals surface area contributed by atoms with Crippen LogP contribution in [0.1, 0.15) is 38.8 Å². The molecule has 4 aromatic carbocycles. The van der Waals surface area contributed by atoms with Crippen LogP contribution in [0.3, 0.4) is 0 Å². The van der Waals surface area contributed by atoms with Crippen LogP contribution < -0.4 is 0 Å². The molecule has 221 valence electrons. The van der Waals surface area contributed by atoms with Crippen molar-refractivity contribution in [1.29, 1.82) is 0 Å². The minimum atomic E-state index is -2.49. The van der Waals surface area contributed by atoms with Gasteiger partial charge in [0.1, 0.15) is 5.58 Å². The van der Waals surface area contributed by atoms with Crippen LogP contribution in [0.25, 0.3) is 66.0 Å². The van der Waals surface area contributed by atoms with Gasteiger partial charge in [-0.15, -0.1) is 30.3 Å². The fraction of sp³-hybridized carbons (Fsp3) is 0.158. The van der Waals surface area contributed by atoms with E-state index in [-0.39, 0.29) is 37.0 Å². The molecule has 6 heteroatoms. The van der Waals surface area contributed by atoms with E-state index in [0.29, 0.717) is 28.0 Å². The molecule has 4 aromatic heterocycles. The first kappa shape index (κ1) is 24.0. The maximum absolute atomic E-state index is 12.9. The predicted octanol–water partition coefficient (Wildman–Crippen LogP) is 10.4. The van der Waals surface area contributed by atoms with Gasteiger partial charge >= 0.3 is 0 Å². The maximum Gasteiger partial charge on any atom is 0.128 e. The number of furan rings is 2. The second kappa shape index (κ2) is 11.6. The number of benzene rings is 4. The van der Waals surface area contributed by atoms with Gasteiger partial charge in [0.25, 0.3) is 0 Å². The molecule has 4 heterocycles. The number of hydrogen-bond acceptors (Lipinski definition) is 4. The van der Waals surface area contributed by atoms with Crippen LogP contribution in [-0.4, -0.2) is 9.97 Å². The molecule has 0 saturated heterocycles. The van der Waals surface area contributed by atoms with Gasteiger partial charge in [0.05, 0.1) is 11.2 Å². The Morgan fingerprint density at radius 2 is 1.73 bits per heavy atom. The van der Waals surface area contributed by atoms with Gasteiger partial charge < -0.3 is 18.8 Å². The van der Waals surface area contributed by atoms with Crippen molar-refractivity contribution in [1.82, 2.24) is 9.97 Å². The molecule has 0 unspecified atom stereocenters. The van der Waals surface area contributed by atoms with Crippen molar-refractivity contribution in [3.8, 4) is 11.3 Å². The summed E-state index contributed by atoms with van der Waals surface area (Å²) in [5.74, 6) is -0.350. The summed E-state index contributed by atoms with van der Waals surface area (Å²) in [5, 5.41) is 4.66. The van der Waals surface area contributed by atoms with Crippen molar-refractivity contribution < 1.29 is 40.2 Å². The molecule has 0 aliphatic heterocycles. The first-order valence-electron chi connectivity index (χ1n) is 16.3. The molecule has 0 fully saturated rings. The Hall–Kier alpha value is -4.38. The van der Waals surface area contributed by atoms with Crippen LogP contribution in [0.15, 0.2) is 100 Å². The summed E-state index contributed by atoms with van der Waals surface area (Å²) < 4.78 is 66.1. The molecular formula is C38H29FIrN2O2-2. The molecule has 0 aliphatic rings. The Morgan fingerprint density at radius 1 is 0.886 bits per heavy atom. The number of nitrogens with zero attached hydrogens (tertiary/aromatic N) is 2. The topological polar surface area (TPSA) is 52.1 Å². The quantitative estimate of drug-likeness (QED) is 0.165. The van der Waals surface area contributed by atoms with Crippen molar-refractivity contribution >= 4 is 54.8 Å². The molecule has 0 amide bonds. The molecule has 8 rings (SSSR count). The Morgan fingerprint density at radius 3 is 2.57 bits per heavy atom. The zero-order valence-corrected chi connectivity index (χ0v) is 26.5. The maximum atomic E-state index is 12.9. The summed E-state index contributed by atoms with van der Waals surface area (Å²) in [6, 6.07) is 29.6. The van der Waals surface area contributed by atoms with Gasteiger partial charge in [0.2, 0.25) is 0 Å². The minimum absolute atomic E-state index is 0. The first-order valence-corrected chi connectivity index (χ1v) is 13.8. The van der Waals surface area contributed by atoms with Gasteiger partial charge in [0, 0.05) is 67.0 Å². The van der Waals surface area contributed by atoms with Gasteiger partial charge in [-0.2, -0.15) is 0 Å². The predicted molar refractivity (Wildman–Crippen MR) is 171 cm³/mol. The smallest absolute Gasteiger partial charge is 0.128 e. The Labute approximate surface area is 275 Å². The standard InChI is InChI=1S/C27H24NO.C11H5FNO.Ir/c1-17-16-28-24(14-19(17)15-27(2,3)4)23-11-7-10-21-22-13-12-18-8-5-6-9-20(18)25(22)29-26(21)23;12-7-3-4-8-10(6-7)14-9-2-1-5-13-11(8)9;/h5-10,12-14,16H,15H2,1-4H3;1-3,5-6H;/q2*-1;/i1D3,15D2;;. The van der Waals surface area contributed by atoms with E-state index >= 15 is 0 Å². The van der Waals surface area contributed by atoms with E-state index in [4.69, 9.17) is 15.7 Å². The monoisotopic (exact) mass is 762 g/mol. The fourth-order valence-electron chi connectivity index (χ4n) is 5.26. The van der Waals surface area contributed by atoms with Crippen molar-refractivity contribution in [3.05, 3.63) is 120 Å². The summed E-state index contributed by atoms with van der Waals surface area (Å²) in [4.78, 5) is 8.59. The summed E-state index contributed by atoms with van der Waals surface area (Å²) in [7, 11) is 0. The summed E-state index contributed by atoms with van der Waals surface area (Å²) >= 11 is 0.